The van der Waals surface area contributed by atoms with Crippen molar-refractivity contribution in [3.8, 4) is 11.6 Å². The topological polar surface area (TPSA) is 122 Å². The van der Waals surface area contributed by atoms with Gasteiger partial charge in [-0.1, -0.05) is 29.8 Å². The van der Waals surface area contributed by atoms with Gasteiger partial charge >= 0.3 is 0 Å². The second-order valence-electron chi connectivity index (χ2n) is 7.41. The Bertz CT molecular complexity index is 1480. The Morgan fingerprint density at radius 1 is 1.00 bits per heavy atom. The second-order valence-corrected chi connectivity index (χ2v) is 9.45. The molecule has 0 saturated carbocycles. The summed E-state index contributed by atoms with van der Waals surface area (Å²) in [5, 5.41) is 3.32. The normalized spacial score (nSPS) is 10.9. The van der Waals surface area contributed by atoms with Gasteiger partial charge in [0, 0.05) is 22.6 Å². The third-order valence-electron chi connectivity index (χ3n) is 4.85. The number of hydrogen-bond donors (Lipinski definition) is 1. The Kier molecular flexibility index (Phi) is 7.67. The molecule has 11 heteroatoms. The number of rotatable bonds is 9. The van der Waals surface area contributed by atoms with Crippen molar-refractivity contribution in [2.45, 2.75) is 11.5 Å². The van der Waals surface area contributed by atoms with E-state index in [1.54, 1.807) is 42.5 Å². The fraction of sp³-hybridized carbons (Fsp3) is 0.0800. The molecule has 0 aliphatic heterocycles. The van der Waals surface area contributed by atoms with E-state index in [0.717, 1.165) is 11.9 Å². The zero-order valence-corrected chi connectivity index (χ0v) is 20.5. The minimum absolute atomic E-state index is 0.0570. The molecule has 0 aliphatic carbocycles. The summed E-state index contributed by atoms with van der Waals surface area (Å²) < 4.78 is 39.6. The van der Waals surface area contributed by atoms with Crippen LogP contribution in [0.2, 0.25) is 5.02 Å². The van der Waals surface area contributed by atoms with Crippen molar-refractivity contribution in [2.24, 2.45) is 0 Å². The molecule has 3 aromatic carbocycles. The number of carbonyl (C=O) groups is 1. The van der Waals surface area contributed by atoms with Crippen molar-refractivity contribution in [3.63, 3.8) is 0 Å². The number of ether oxygens (including phenoxy) is 2. The van der Waals surface area contributed by atoms with E-state index in [9.17, 15) is 13.2 Å². The molecule has 0 unspecified atom stereocenters. The number of hydrogen-bond acceptors (Lipinski definition) is 7. The van der Waals surface area contributed by atoms with Crippen molar-refractivity contribution in [3.05, 3.63) is 106 Å². The summed E-state index contributed by atoms with van der Waals surface area (Å²) in [6, 6.07) is 21.0. The van der Waals surface area contributed by atoms with Crippen molar-refractivity contribution in [2.75, 3.05) is 12.4 Å². The van der Waals surface area contributed by atoms with Gasteiger partial charge in [0.2, 0.25) is 15.9 Å². The Morgan fingerprint density at radius 2 is 1.78 bits per heavy atom. The lowest BCUT2D eigenvalue weighted by Gasteiger charge is -2.16. The molecule has 1 amide bonds. The first-order chi connectivity index (χ1) is 17.3. The predicted molar refractivity (Wildman–Crippen MR) is 135 cm³/mol. The number of sulfonamides is 1. The Morgan fingerprint density at radius 3 is 2.53 bits per heavy atom. The van der Waals surface area contributed by atoms with Gasteiger partial charge in [-0.15, -0.1) is 0 Å². The van der Waals surface area contributed by atoms with Crippen molar-refractivity contribution < 1.29 is 22.7 Å². The highest BCUT2D eigenvalue weighted by molar-refractivity contribution is 7.94. The average molecular weight is 524 g/mol. The zero-order chi connectivity index (χ0) is 25.5. The molecule has 0 radical (unpaired) electrons. The van der Waals surface area contributed by atoms with Gasteiger partial charge in [-0.25, -0.2) is 13.4 Å². The fourth-order valence-corrected chi connectivity index (χ4v) is 4.22. The third kappa shape index (κ3) is 6.49. The largest absolute Gasteiger partial charge is 0.489 e. The summed E-state index contributed by atoms with van der Waals surface area (Å²) in [6.07, 6.45) is 1.16. The number of benzene rings is 3. The van der Waals surface area contributed by atoms with E-state index in [1.807, 2.05) is 6.07 Å². The standard InChI is InChI=1S/C25H21ClN4O5S/c1-34-24-14-23(27-16-28-24)30-36(32,33)22-10-8-20(9-11-22)29-25(31)18-5-2-4-17(12-18)15-35-21-7-3-6-19(26)13-21/h2-14,16H,15H2,1H3,(H2,27,28,29,30,31)/p-1. The summed E-state index contributed by atoms with van der Waals surface area (Å²) in [7, 11) is -2.63. The van der Waals surface area contributed by atoms with E-state index in [4.69, 9.17) is 21.1 Å². The summed E-state index contributed by atoms with van der Waals surface area (Å²) >= 11 is 5.97. The van der Waals surface area contributed by atoms with Crippen LogP contribution in [0.5, 0.6) is 11.6 Å². The highest BCUT2D eigenvalue weighted by atomic mass is 35.5. The van der Waals surface area contributed by atoms with Crippen LogP contribution in [0.25, 0.3) is 4.72 Å². The van der Waals surface area contributed by atoms with Crippen LogP contribution in [-0.4, -0.2) is 31.4 Å². The molecule has 4 aromatic rings. The maximum Gasteiger partial charge on any atom is 0.255 e. The predicted octanol–water partition coefficient (Wildman–Crippen LogP) is 5.36. The van der Waals surface area contributed by atoms with E-state index >= 15 is 0 Å². The summed E-state index contributed by atoms with van der Waals surface area (Å²) in [5.41, 5.74) is 1.64. The van der Waals surface area contributed by atoms with Gasteiger partial charge in [0.15, 0.2) is 0 Å². The molecule has 1 N–H and O–H groups in total. The maximum absolute atomic E-state index is 12.7. The van der Waals surface area contributed by atoms with Crippen LogP contribution < -0.4 is 14.8 Å². The van der Waals surface area contributed by atoms with E-state index in [0.29, 0.717) is 22.0 Å². The minimum atomic E-state index is -4.03. The number of methoxy groups -OCH3 is 1. The first kappa shape index (κ1) is 25.0. The Labute approximate surface area is 213 Å². The first-order valence-corrected chi connectivity index (χ1v) is 12.4. The van der Waals surface area contributed by atoms with Crippen LogP contribution in [0.1, 0.15) is 15.9 Å². The third-order valence-corrected chi connectivity index (χ3v) is 6.38. The lowest BCUT2D eigenvalue weighted by atomic mass is 10.1. The maximum atomic E-state index is 12.7. The van der Waals surface area contributed by atoms with Gasteiger partial charge in [-0.3, -0.25) is 4.79 Å². The fourth-order valence-electron chi connectivity index (χ4n) is 3.11. The van der Waals surface area contributed by atoms with E-state index in [1.165, 1.54) is 37.4 Å². The number of nitrogens with zero attached hydrogens (tertiary/aromatic N) is 3. The molecule has 0 spiro atoms. The Hall–Kier alpha value is -4.15. The second kappa shape index (κ2) is 11.1. The zero-order valence-electron chi connectivity index (χ0n) is 19.0. The van der Waals surface area contributed by atoms with Gasteiger partial charge in [0.05, 0.1) is 12.0 Å². The number of amides is 1. The van der Waals surface area contributed by atoms with Gasteiger partial charge < -0.3 is 24.5 Å². The molecule has 9 nitrogen and oxygen atoms in total. The monoisotopic (exact) mass is 523 g/mol. The highest BCUT2D eigenvalue weighted by Crippen LogP contribution is 2.28. The van der Waals surface area contributed by atoms with Crippen molar-refractivity contribution >= 4 is 39.0 Å². The van der Waals surface area contributed by atoms with E-state index in [-0.39, 0.29) is 29.1 Å². The smallest absolute Gasteiger partial charge is 0.255 e. The van der Waals surface area contributed by atoms with E-state index in [2.05, 4.69) is 20.0 Å². The van der Waals surface area contributed by atoms with Crippen LogP contribution >= 0.6 is 11.6 Å². The summed E-state index contributed by atoms with van der Waals surface area (Å²) in [4.78, 5) is 20.3. The molecule has 1 aromatic heterocycles. The first-order valence-electron chi connectivity index (χ1n) is 10.6. The summed E-state index contributed by atoms with van der Waals surface area (Å²) in [6.45, 7) is 0.260. The molecule has 0 aliphatic rings. The number of nitrogens with one attached hydrogen (secondary N) is 1. The SMILES string of the molecule is COc1cc([N-]S(=O)(=O)c2ccc(NC(=O)c3cccc(COc4cccc(Cl)c4)c3)cc2)ncn1. The number of aromatic nitrogens is 2. The number of halogens is 1. The molecule has 0 atom stereocenters. The average Bonchev–Trinajstić information content (AvgIpc) is 2.88. The molecule has 36 heavy (non-hydrogen) atoms. The Balaban J connectivity index is 1.39. The van der Waals surface area contributed by atoms with Crippen LogP contribution in [-0.2, 0) is 16.6 Å². The van der Waals surface area contributed by atoms with Gasteiger partial charge in [0.1, 0.15) is 12.4 Å². The minimum Gasteiger partial charge on any atom is -0.489 e. The highest BCUT2D eigenvalue weighted by Gasteiger charge is 2.12. The molecule has 0 saturated heterocycles. The summed E-state index contributed by atoms with van der Waals surface area (Å²) in [5.74, 6) is 0.404. The van der Waals surface area contributed by atoms with Crippen LogP contribution in [0.4, 0.5) is 11.5 Å². The van der Waals surface area contributed by atoms with Gasteiger partial charge in [-0.2, -0.15) is 0 Å². The van der Waals surface area contributed by atoms with E-state index < -0.39 is 10.0 Å². The molecule has 1 heterocycles. The molecular formula is C25H20ClN4O5S-. The van der Waals surface area contributed by atoms with Crippen molar-refractivity contribution in [1.82, 2.24) is 9.97 Å². The van der Waals surface area contributed by atoms with Crippen LogP contribution in [0.3, 0.4) is 0 Å². The molecule has 0 bridgehead atoms. The van der Waals surface area contributed by atoms with Crippen LogP contribution in [0.15, 0.2) is 90.1 Å². The van der Waals surface area contributed by atoms with Crippen LogP contribution in [0, 0.1) is 0 Å². The van der Waals surface area contributed by atoms with Gasteiger partial charge in [0.25, 0.3) is 5.91 Å². The number of anilines is 1. The van der Waals surface area contributed by atoms with Gasteiger partial charge in [-0.05, 0) is 72.0 Å². The molecule has 184 valence electrons. The molecule has 4 rings (SSSR count). The lowest BCUT2D eigenvalue weighted by Crippen LogP contribution is -2.12. The number of carbonyl (C=O) groups excluding carboxylic acids is 1. The molecule has 0 fully saturated rings. The molecular weight excluding hydrogens is 504 g/mol. The van der Waals surface area contributed by atoms with Crippen molar-refractivity contribution in [1.29, 1.82) is 0 Å². The quantitative estimate of drug-likeness (QED) is 0.313. The lowest BCUT2D eigenvalue weighted by molar-refractivity contribution is 0.102.